The molecule has 4 N–H and O–H groups in total. The van der Waals surface area contributed by atoms with E-state index in [4.69, 9.17) is 9.84 Å². The van der Waals surface area contributed by atoms with Gasteiger partial charge in [0.05, 0.1) is 7.11 Å². The smallest absolute Gasteiger partial charge is 0.328 e. The lowest BCUT2D eigenvalue weighted by Crippen LogP contribution is -2.51. The molecular weight excluding hydrogens is 354 g/mol. The quantitative estimate of drug-likeness (QED) is 0.349. The van der Waals surface area contributed by atoms with Gasteiger partial charge in [-0.05, 0) is 18.1 Å². The number of hydrogen-bond acceptors (Lipinski definition) is 5. The van der Waals surface area contributed by atoms with Crippen molar-refractivity contribution in [1.29, 1.82) is 0 Å². The number of hydrogen-bond donors (Lipinski definition) is 4. The van der Waals surface area contributed by atoms with Crippen LogP contribution in [0.25, 0.3) is 10.9 Å². The Kier molecular flexibility index (Phi) is 6.93. The van der Waals surface area contributed by atoms with E-state index in [0.717, 1.165) is 16.5 Å². The number of aromatic amines is 1. The number of ether oxygens (including phenoxy) is 1. The number of rotatable bonds is 10. The zero-order valence-corrected chi connectivity index (χ0v) is 14.7. The average Bonchev–Trinajstić information content (AvgIpc) is 3.06. The molecule has 1 aromatic heterocycles. The van der Waals surface area contributed by atoms with Crippen LogP contribution in [0, 0.1) is 0 Å². The molecule has 1 aromatic carbocycles. The van der Waals surface area contributed by atoms with Crippen molar-refractivity contribution in [2.75, 3.05) is 7.11 Å². The SMILES string of the molecule is COC(=O)C(Cc1c[nH]c2ccccc12)NC(=O)C(CCC(=O)O)NC=O. The molecule has 0 fully saturated rings. The molecule has 2 atom stereocenters. The number of carbonyl (C=O) groups excluding carboxylic acids is 3. The number of carbonyl (C=O) groups is 4. The molecule has 0 radical (unpaired) electrons. The molecule has 2 unspecified atom stereocenters. The van der Waals surface area contributed by atoms with Crippen LogP contribution in [0.15, 0.2) is 30.5 Å². The average molecular weight is 375 g/mol. The first-order chi connectivity index (χ1) is 13.0. The summed E-state index contributed by atoms with van der Waals surface area (Å²) in [4.78, 5) is 49.1. The Morgan fingerprint density at radius 1 is 1.26 bits per heavy atom. The van der Waals surface area contributed by atoms with Crippen molar-refractivity contribution in [3.63, 3.8) is 0 Å². The van der Waals surface area contributed by atoms with E-state index in [1.165, 1.54) is 7.11 Å². The molecule has 0 aliphatic heterocycles. The van der Waals surface area contributed by atoms with Gasteiger partial charge in [-0.2, -0.15) is 0 Å². The maximum Gasteiger partial charge on any atom is 0.328 e. The Labute approximate surface area is 155 Å². The summed E-state index contributed by atoms with van der Waals surface area (Å²) in [5, 5.41) is 14.5. The van der Waals surface area contributed by atoms with Crippen LogP contribution in [0.4, 0.5) is 0 Å². The number of methoxy groups -OCH3 is 1. The van der Waals surface area contributed by atoms with Gasteiger partial charge in [-0.25, -0.2) is 4.79 Å². The summed E-state index contributed by atoms with van der Waals surface area (Å²) < 4.78 is 4.76. The van der Waals surface area contributed by atoms with Crippen molar-refractivity contribution in [3.05, 3.63) is 36.0 Å². The fourth-order valence-corrected chi connectivity index (χ4v) is 2.77. The number of nitrogens with one attached hydrogen (secondary N) is 3. The number of amides is 2. The molecule has 0 saturated heterocycles. The fraction of sp³-hybridized carbons (Fsp3) is 0.333. The largest absolute Gasteiger partial charge is 0.481 e. The van der Waals surface area contributed by atoms with E-state index in [1.807, 2.05) is 24.3 Å². The first-order valence-electron chi connectivity index (χ1n) is 8.31. The summed E-state index contributed by atoms with van der Waals surface area (Å²) in [5.41, 5.74) is 1.70. The molecule has 2 amide bonds. The number of para-hydroxylation sites is 1. The first-order valence-corrected chi connectivity index (χ1v) is 8.31. The third-order valence-corrected chi connectivity index (χ3v) is 4.13. The lowest BCUT2D eigenvalue weighted by atomic mass is 10.0. The second-order valence-corrected chi connectivity index (χ2v) is 5.92. The number of carboxylic acids is 1. The summed E-state index contributed by atoms with van der Waals surface area (Å²) in [6, 6.07) is 5.47. The Morgan fingerprint density at radius 2 is 2.00 bits per heavy atom. The van der Waals surface area contributed by atoms with Gasteiger partial charge in [0.25, 0.3) is 0 Å². The summed E-state index contributed by atoms with van der Waals surface area (Å²) in [6.07, 6.45) is 1.84. The van der Waals surface area contributed by atoms with Gasteiger partial charge in [-0.1, -0.05) is 18.2 Å². The summed E-state index contributed by atoms with van der Waals surface area (Å²) in [7, 11) is 1.21. The lowest BCUT2D eigenvalue weighted by Gasteiger charge is -2.20. The van der Waals surface area contributed by atoms with Crippen LogP contribution in [0.5, 0.6) is 0 Å². The van der Waals surface area contributed by atoms with Crippen LogP contribution in [0.1, 0.15) is 18.4 Å². The maximum absolute atomic E-state index is 12.4. The zero-order valence-electron chi connectivity index (χ0n) is 14.7. The van der Waals surface area contributed by atoms with Crippen LogP contribution >= 0.6 is 0 Å². The van der Waals surface area contributed by atoms with Gasteiger partial charge < -0.3 is 25.5 Å². The van der Waals surface area contributed by atoms with Crippen LogP contribution in [-0.2, 0) is 30.3 Å². The molecule has 27 heavy (non-hydrogen) atoms. The summed E-state index contributed by atoms with van der Waals surface area (Å²) in [6.45, 7) is 0. The first kappa shape index (κ1) is 20.0. The van der Waals surface area contributed by atoms with Gasteiger partial charge >= 0.3 is 11.9 Å². The minimum absolute atomic E-state index is 0.0963. The van der Waals surface area contributed by atoms with E-state index in [-0.39, 0.29) is 19.3 Å². The lowest BCUT2D eigenvalue weighted by molar-refractivity contribution is -0.145. The Bertz CT molecular complexity index is 831. The van der Waals surface area contributed by atoms with Crippen molar-refractivity contribution in [3.8, 4) is 0 Å². The fourth-order valence-electron chi connectivity index (χ4n) is 2.77. The standard InChI is InChI=1S/C18H21N3O6/c1-27-18(26)15(8-11-9-19-13-5-3-2-4-12(11)13)21-17(25)14(20-10-22)6-7-16(23)24/h2-5,9-10,14-15,19H,6-8H2,1H3,(H,20,22)(H,21,25)(H,23,24). The number of aliphatic carboxylic acids is 1. The number of esters is 1. The van der Waals surface area contributed by atoms with Crippen LogP contribution in [-0.4, -0.2) is 53.5 Å². The van der Waals surface area contributed by atoms with Gasteiger partial charge in [-0.3, -0.25) is 14.4 Å². The Balaban J connectivity index is 2.15. The van der Waals surface area contributed by atoms with E-state index < -0.39 is 29.9 Å². The minimum atomic E-state index is -1.09. The van der Waals surface area contributed by atoms with Crippen LogP contribution < -0.4 is 10.6 Å². The Hall–Kier alpha value is -3.36. The van der Waals surface area contributed by atoms with E-state index in [9.17, 15) is 19.2 Å². The minimum Gasteiger partial charge on any atom is -0.481 e. The van der Waals surface area contributed by atoms with Gasteiger partial charge in [0.1, 0.15) is 12.1 Å². The molecule has 2 aromatic rings. The Morgan fingerprint density at radius 3 is 2.67 bits per heavy atom. The highest BCUT2D eigenvalue weighted by Crippen LogP contribution is 2.19. The third-order valence-electron chi connectivity index (χ3n) is 4.13. The van der Waals surface area contributed by atoms with Crippen molar-refractivity contribution < 1.29 is 29.0 Å². The highest BCUT2D eigenvalue weighted by molar-refractivity contribution is 5.90. The number of carboxylic acid groups (broad SMARTS) is 1. The van der Waals surface area contributed by atoms with E-state index >= 15 is 0 Å². The molecule has 9 nitrogen and oxygen atoms in total. The number of benzene rings is 1. The van der Waals surface area contributed by atoms with Gasteiger partial charge in [0.15, 0.2) is 0 Å². The van der Waals surface area contributed by atoms with E-state index in [2.05, 4.69) is 15.6 Å². The summed E-state index contributed by atoms with van der Waals surface area (Å²) in [5.74, 6) is -2.39. The third kappa shape index (κ3) is 5.30. The normalized spacial score (nSPS) is 12.8. The van der Waals surface area contributed by atoms with Crippen LogP contribution in [0.3, 0.4) is 0 Å². The molecule has 144 valence electrons. The number of fused-ring (bicyclic) bond motifs is 1. The molecule has 0 aliphatic rings. The molecule has 1 heterocycles. The number of aromatic nitrogens is 1. The molecule has 0 bridgehead atoms. The van der Waals surface area contributed by atoms with Crippen LogP contribution in [0.2, 0.25) is 0 Å². The molecule has 0 saturated carbocycles. The predicted molar refractivity (Wildman–Crippen MR) is 95.8 cm³/mol. The molecular formula is C18H21N3O6. The zero-order chi connectivity index (χ0) is 19.8. The summed E-state index contributed by atoms with van der Waals surface area (Å²) >= 11 is 0. The van der Waals surface area contributed by atoms with E-state index in [1.54, 1.807) is 6.20 Å². The predicted octanol–water partition coefficient (Wildman–Crippen LogP) is 0.348. The van der Waals surface area contributed by atoms with Crippen molar-refractivity contribution in [2.45, 2.75) is 31.3 Å². The highest BCUT2D eigenvalue weighted by atomic mass is 16.5. The van der Waals surface area contributed by atoms with Crippen molar-refractivity contribution in [2.24, 2.45) is 0 Å². The monoisotopic (exact) mass is 375 g/mol. The van der Waals surface area contributed by atoms with Gasteiger partial charge in [-0.15, -0.1) is 0 Å². The second-order valence-electron chi connectivity index (χ2n) is 5.92. The van der Waals surface area contributed by atoms with E-state index in [0.29, 0.717) is 6.41 Å². The molecule has 2 rings (SSSR count). The topological polar surface area (TPSA) is 138 Å². The molecule has 0 aliphatic carbocycles. The van der Waals surface area contributed by atoms with Gasteiger partial charge in [0.2, 0.25) is 12.3 Å². The van der Waals surface area contributed by atoms with Gasteiger partial charge in [0, 0.05) is 29.9 Å². The van der Waals surface area contributed by atoms with Crippen molar-refractivity contribution in [1.82, 2.24) is 15.6 Å². The highest BCUT2D eigenvalue weighted by Gasteiger charge is 2.27. The van der Waals surface area contributed by atoms with Crippen molar-refractivity contribution >= 4 is 35.2 Å². The second kappa shape index (κ2) is 9.37. The molecule has 9 heteroatoms. The molecule has 0 spiro atoms. The maximum atomic E-state index is 12.4. The number of H-pyrrole nitrogens is 1.